The lowest BCUT2D eigenvalue weighted by Crippen LogP contribution is -2.37. The van der Waals surface area contributed by atoms with Gasteiger partial charge in [0.2, 0.25) is 0 Å². The minimum Gasteiger partial charge on any atom is -0.378 e. The number of nitrogens with zero attached hydrogens (tertiary/aromatic N) is 4. The molecule has 0 N–H and O–H groups in total. The van der Waals surface area contributed by atoms with Gasteiger partial charge >= 0.3 is 6.18 Å². The molecular formula is C20H19F3N4O2. The second-order valence-corrected chi connectivity index (χ2v) is 6.89. The van der Waals surface area contributed by atoms with E-state index in [9.17, 15) is 18.0 Å². The van der Waals surface area contributed by atoms with E-state index in [1.165, 1.54) is 13.0 Å². The predicted molar refractivity (Wildman–Crippen MR) is 100 cm³/mol. The molecule has 1 aliphatic heterocycles. The van der Waals surface area contributed by atoms with Crippen molar-refractivity contribution >= 4 is 17.8 Å². The zero-order valence-corrected chi connectivity index (χ0v) is 15.7. The van der Waals surface area contributed by atoms with Crippen molar-refractivity contribution in [3.63, 3.8) is 0 Å². The second kappa shape index (κ2) is 7.47. The SMILES string of the molecule is Cc1c(Cc2c(C=O)nc3ccc(N4CCOCC4)nn23)cccc1C(F)(F)F. The average molecular weight is 404 g/mol. The molecule has 0 amide bonds. The maximum absolute atomic E-state index is 13.3. The number of aromatic nitrogens is 3. The molecule has 1 saturated heterocycles. The Kier molecular flexibility index (Phi) is 4.99. The summed E-state index contributed by atoms with van der Waals surface area (Å²) in [7, 11) is 0. The maximum Gasteiger partial charge on any atom is 0.416 e. The number of hydrogen-bond donors (Lipinski definition) is 0. The first-order chi connectivity index (χ1) is 13.9. The highest BCUT2D eigenvalue weighted by Gasteiger charge is 2.33. The van der Waals surface area contributed by atoms with Gasteiger partial charge in [0.25, 0.3) is 0 Å². The largest absolute Gasteiger partial charge is 0.416 e. The number of morpholine rings is 1. The maximum atomic E-state index is 13.3. The van der Waals surface area contributed by atoms with Crippen molar-refractivity contribution in [2.24, 2.45) is 0 Å². The number of ether oxygens (including phenoxy) is 1. The number of aldehydes is 1. The van der Waals surface area contributed by atoms with Gasteiger partial charge in [-0.25, -0.2) is 9.50 Å². The van der Waals surface area contributed by atoms with Crippen LogP contribution in [0.25, 0.3) is 5.65 Å². The summed E-state index contributed by atoms with van der Waals surface area (Å²) >= 11 is 0. The number of carbonyl (C=O) groups is 1. The number of benzene rings is 1. The molecule has 1 aliphatic rings. The van der Waals surface area contributed by atoms with E-state index in [-0.39, 0.29) is 17.7 Å². The lowest BCUT2D eigenvalue weighted by Gasteiger charge is -2.27. The highest BCUT2D eigenvalue weighted by Crippen LogP contribution is 2.33. The van der Waals surface area contributed by atoms with E-state index in [1.807, 2.05) is 6.07 Å². The summed E-state index contributed by atoms with van der Waals surface area (Å²) in [6.45, 7) is 4.01. The van der Waals surface area contributed by atoms with Crippen LogP contribution in [0.4, 0.5) is 19.0 Å². The van der Waals surface area contributed by atoms with Crippen molar-refractivity contribution in [3.05, 3.63) is 58.4 Å². The smallest absolute Gasteiger partial charge is 0.378 e. The number of anilines is 1. The molecule has 1 aromatic carbocycles. The van der Waals surface area contributed by atoms with Gasteiger partial charge in [-0.2, -0.15) is 13.2 Å². The van der Waals surface area contributed by atoms with Gasteiger partial charge in [0.1, 0.15) is 11.5 Å². The molecule has 2 aromatic heterocycles. The van der Waals surface area contributed by atoms with E-state index >= 15 is 0 Å². The number of carbonyl (C=O) groups excluding carboxylic acids is 1. The lowest BCUT2D eigenvalue weighted by molar-refractivity contribution is -0.138. The second-order valence-electron chi connectivity index (χ2n) is 6.89. The Morgan fingerprint density at radius 1 is 1.17 bits per heavy atom. The third-order valence-corrected chi connectivity index (χ3v) is 5.14. The first-order valence-electron chi connectivity index (χ1n) is 9.20. The molecule has 0 bridgehead atoms. The van der Waals surface area contributed by atoms with Crippen molar-refractivity contribution in [3.8, 4) is 0 Å². The average Bonchev–Trinajstić information content (AvgIpc) is 3.06. The quantitative estimate of drug-likeness (QED) is 0.625. The van der Waals surface area contributed by atoms with Crippen LogP contribution in [-0.2, 0) is 17.3 Å². The molecule has 0 radical (unpaired) electrons. The van der Waals surface area contributed by atoms with E-state index < -0.39 is 11.7 Å². The van der Waals surface area contributed by atoms with E-state index in [0.717, 1.165) is 6.07 Å². The van der Waals surface area contributed by atoms with Gasteiger partial charge < -0.3 is 9.64 Å². The van der Waals surface area contributed by atoms with Gasteiger partial charge in [-0.1, -0.05) is 12.1 Å². The van der Waals surface area contributed by atoms with E-state index in [1.54, 1.807) is 16.6 Å². The first kappa shape index (κ1) is 19.4. The summed E-state index contributed by atoms with van der Waals surface area (Å²) < 4.78 is 46.7. The van der Waals surface area contributed by atoms with E-state index in [2.05, 4.69) is 15.0 Å². The van der Waals surface area contributed by atoms with Gasteiger partial charge in [-0.05, 0) is 36.2 Å². The van der Waals surface area contributed by atoms with E-state index in [4.69, 9.17) is 4.74 Å². The van der Waals surface area contributed by atoms with E-state index in [0.29, 0.717) is 55.3 Å². The summed E-state index contributed by atoms with van der Waals surface area (Å²) in [6, 6.07) is 7.64. The minimum atomic E-state index is -4.44. The van der Waals surface area contributed by atoms with Crippen LogP contribution in [0.3, 0.4) is 0 Å². The Bertz CT molecular complexity index is 1060. The summed E-state index contributed by atoms with van der Waals surface area (Å²) in [4.78, 5) is 17.9. The van der Waals surface area contributed by atoms with Crippen LogP contribution in [0, 0.1) is 6.92 Å². The molecule has 4 rings (SSSR count). The summed E-state index contributed by atoms with van der Waals surface area (Å²) in [6.07, 6.45) is -3.71. The molecule has 0 saturated carbocycles. The number of halogens is 3. The van der Waals surface area contributed by atoms with Crippen molar-refractivity contribution < 1.29 is 22.7 Å². The fourth-order valence-corrected chi connectivity index (χ4v) is 3.57. The van der Waals surface area contributed by atoms with Gasteiger partial charge in [0.05, 0.1) is 24.5 Å². The molecule has 0 aliphatic carbocycles. The third-order valence-electron chi connectivity index (χ3n) is 5.14. The molecule has 0 unspecified atom stereocenters. The molecule has 9 heteroatoms. The van der Waals surface area contributed by atoms with Gasteiger partial charge in [-0.3, -0.25) is 4.79 Å². The summed E-state index contributed by atoms with van der Waals surface area (Å²) in [5, 5.41) is 4.61. The minimum absolute atomic E-state index is 0.116. The van der Waals surface area contributed by atoms with Gasteiger partial charge in [0.15, 0.2) is 11.9 Å². The summed E-state index contributed by atoms with van der Waals surface area (Å²) in [5.74, 6) is 0.706. The Morgan fingerprint density at radius 2 is 1.93 bits per heavy atom. The zero-order valence-electron chi connectivity index (χ0n) is 15.7. The van der Waals surface area contributed by atoms with Crippen molar-refractivity contribution in [2.45, 2.75) is 19.5 Å². The lowest BCUT2D eigenvalue weighted by atomic mass is 9.98. The number of alkyl halides is 3. The Hall–Kier alpha value is -2.94. The molecule has 1 fully saturated rings. The molecule has 152 valence electrons. The van der Waals surface area contributed by atoms with Crippen molar-refractivity contribution in [2.75, 3.05) is 31.2 Å². The summed E-state index contributed by atoms with van der Waals surface area (Å²) in [5.41, 5.74) is 1.04. The van der Waals surface area contributed by atoms with Crippen molar-refractivity contribution in [1.29, 1.82) is 0 Å². The monoisotopic (exact) mass is 404 g/mol. The number of hydrogen-bond acceptors (Lipinski definition) is 5. The molecule has 3 heterocycles. The number of imidazole rings is 1. The third kappa shape index (κ3) is 3.69. The van der Waals surface area contributed by atoms with Crippen LogP contribution in [0.1, 0.15) is 32.9 Å². The number of rotatable bonds is 4. The fourth-order valence-electron chi connectivity index (χ4n) is 3.57. The van der Waals surface area contributed by atoms with Crippen LogP contribution in [0.5, 0.6) is 0 Å². The van der Waals surface area contributed by atoms with Crippen LogP contribution >= 0.6 is 0 Å². The zero-order chi connectivity index (χ0) is 20.6. The molecule has 0 spiro atoms. The fraction of sp³-hybridized carbons (Fsp3) is 0.350. The highest BCUT2D eigenvalue weighted by molar-refractivity contribution is 5.76. The van der Waals surface area contributed by atoms with Gasteiger partial charge in [-0.15, -0.1) is 5.10 Å². The molecule has 6 nitrogen and oxygen atoms in total. The highest BCUT2D eigenvalue weighted by atomic mass is 19.4. The Labute approximate surface area is 164 Å². The molecular weight excluding hydrogens is 385 g/mol. The van der Waals surface area contributed by atoms with Crippen LogP contribution in [0.15, 0.2) is 30.3 Å². The Balaban J connectivity index is 1.77. The predicted octanol–water partition coefficient (Wildman–Crippen LogP) is 3.30. The van der Waals surface area contributed by atoms with Crippen LogP contribution < -0.4 is 4.90 Å². The standard InChI is InChI=1S/C20H19F3N4O2/c1-13-14(3-2-4-15(13)20(21,22)23)11-17-16(12-28)24-18-5-6-19(25-27(17)18)26-7-9-29-10-8-26/h2-6,12H,7-11H2,1H3. The topological polar surface area (TPSA) is 59.7 Å². The van der Waals surface area contributed by atoms with Crippen LogP contribution in [0.2, 0.25) is 0 Å². The Morgan fingerprint density at radius 3 is 2.62 bits per heavy atom. The van der Waals surface area contributed by atoms with Crippen molar-refractivity contribution in [1.82, 2.24) is 14.6 Å². The molecule has 3 aromatic rings. The van der Waals surface area contributed by atoms with Gasteiger partial charge in [0, 0.05) is 19.5 Å². The molecule has 29 heavy (non-hydrogen) atoms. The molecule has 0 atom stereocenters. The first-order valence-corrected chi connectivity index (χ1v) is 9.20. The normalized spacial score (nSPS) is 15.1. The van der Waals surface area contributed by atoms with Crippen LogP contribution in [-0.4, -0.2) is 47.2 Å². The number of fused-ring (bicyclic) bond motifs is 1.